The molecule has 2 heterocycles. The smallest absolute Gasteiger partial charge is 0.248 e. The van der Waals surface area contributed by atoms with Gasteiger partial charge in [-0.2, -0.15) is 0 Å². The Morgan fingerprint density at radius 2 is 1.66 bits per heavy atom. The van der Waals surface area contributed by atoms with E-state index < -0.39 is 23.3 Å². The van der Waals surface area contributed by atoms with Crippen LogP contribution in [0.25, 0.3) is 10.8 Å². The van der Waals surface area contributed by atoms with Gasteiger partial charge >= 0.3 is 0 Å². The highest BCUT2D eigenvalue weighted by Gasteiger charge is 2.42. The number of amides is 1. The molecule has 1 amide bonds. The van der Waals surface area contributed by atoms with Crippen molar-refractivity contribution < 1.29 is 9.59 Å². The van der Waals surface area contributed by atoms with Crippen molar-refractivity contribution in [2.45, 2.75) is 44.4 Å². The van der Waals surface area contributed by atoms with Gasteiger partial charge in [-0.25, -0.2) is 0 Å². The normalized spacial score (nSPS) is 13.2. The minimum atomic E-state index is -1.85. The van der Waals surface area contributed by atoms with Crippen molar-refractivity contribution in [1.29, 1.82) is 0 Å². The molecular formula is C31H36N8O2. The summed E-state index contributed by atoms with van der Waals surface area (Å²) >= 11 is 0. The van der Waals surface area contributed by atoms with E-state index >= 15 is 0 Å². The highest BCUT2D eigenvalue weighted by molar-refractivity contribution is 6.17. The molecule has 4 rings (SSSR count). The van der Waals surface area contributed by atoms with Gasteiger partial charge in [-0.1, -0.05) is 48.5 Å². The van der Waals surface area contributed by atoms with Crippen LogP contribution < -0.4 is 27.8 Å². The Labute approximate surface area is 239 Å². The minimum absolute atomic E-state index is 0.0457. The lowest BCUT2D eigenvalue weighted by atomic mass is 9.84. The van der Waals surface area contributed by atoms with Crippen LogP contribution in [0.3, 0.4) is 0 Å². The predicted molar refractivity (Wildman–Crippen MR) is 161 cm³/mol. The summed E-state index contributed by atoms with van der Waals surface area (Å²) in [6.07, 6.45) is 3.58. The van der Waals surface area contributed by atoms with Gasteiger partial charge in [0.1, 0.15) is 0 Å². The van der Waals surface area contributed by atoms with E-state index in [0.29, 0.717) is 19.5 Å². The van der Waals surface area contributed by atoms with E-state index in [1.54, 1.807) is 18.3 Å². The summed E-state index contributed by atoms with van der Waals surface area (Å²) in [6.45, 7) is 3.18. The number of nitrogens with one attached hydrogen (secondary N) is 2. The van der Waals surface area contributed by atoms with Gasteiger partial charge in [-0.3, -0.25) is 24.5 Å². The SMILES string of the molecule is C[C@H](NC(=O)[C@@](N)(CCCN=C(N)N)C(=O)c1ccc(CNCc2ccccn2)nc1)c1cccc2ccccc12. The summed E-state index contributed by atoms with van der Waals surface area (Å²) in [6, 6.07) is 22.6. The van der Waals surface area contributed by atoms with Crippen molar-refractivity contribution in [2.24, 2.45) is 22.2 Å². The Balaban J connectivity index is 1.49. The molecule has 4 aromatic rings. The quantitative estimate of drug-likeness (QED) is 0.0553. The van der Waals surface area contributed by atoms with E-state index in [4.69, 9.17) is 17.2 Å². The van der Waals surface area contributed by atoms with Crippen molar-refractivity contribution in [3.05, 3.63) is 108 Å². The van der Waals surface area contributed by atoms with Crippen LogP contribution in [-0.4, -0.2) is 39.7 Å². The van der Waals surface area contributed by atoms with Gasteiger partial charge in [0, 0.05) is 37.6 Å². The van der Waals surface area contributed by atoms with Gasteiger partial charge in [-0.05, 0) is 60.4 Å². The van der Waals surface area contributed by atoms with E-state index in [1.807, 2.05) is 67.6 Å². The Bertz CT molecular complexity index is 1500. The molecule has 2 aromatic carbocycles. The zero-order valence-corrected chi connectivity index (χ0v) is 23.1. The van der Waals surface area contributed by atoms with Gasteiger partial charge in [0.15, 0.2) is 17.3 Å². The average Bonchev–Trinajstić information content (AvgIpc) is 2.99. The number of carbonyl (C=O) groups is 2. The molecule has 0 saturated carbocycles. The van der Waals surface area contributed by atoms with E-state index in [2.05, 4.69) is 25.6 Å². The minimum Gasteiger partial charge on any atom is -0.370 e. The second-order valence-electron chi connectivity index (χ2n) is 9.94. The lowest BCUT2D eigenvalue weighted by Crippen LogP contribution is -2.60. The van der Waals surface area contributed by atoms with Crippen LogP contribution in [-0.2, 0) is 17.9 Å². The molecule has 0 saturated heterocycles. The molecule has 0 aliphatic carbocycles. The van der Waals surface area contributed by atoms with Crippen LogP contribution in [0, 0.1) is 0 Å². The first-order valence-corrected chi connectivity index (χ1v) is 13.5. The third-order valence-corrected chi connectivity index (χ3v) is 6.90. The number of nitrogens with two attached hydrogens (primary N) is 3. The maximum atomic E-state index is 13.7. The van der Waals surface area contributed by atoms with Gasteiger partial charge in [0.05, 0.1) is 17.4 Å². The molecule has 10 heteroatoms. The van der Waals surface area contributed by atoms with Crippen LogP contribution in [0.15, 0.2) is 90.2 Å². The maximum Gasteiger partial charge on any atom is 0.248 e. The number of rotatable bonds is 13. The number of hydrogen-bond acceptors (Lipinski definition) is 7. The highest BCUT2D eigenvalue weighted by atomic mass is 16.2. The van der Waals surface area contributed by atoms with Gasteiger partial charge < -0.3 is 27.8 Å². The molecule has 0 radical (unpaired) electrons. The Hall–Kier alpha value is -4.67. The zero-order valence-electron chi connectivity index (χ0n) is 23.1. The van der Waals surface area contributed by atoms with Crippen LogP contribution in [0.5, 0.6) is 0 Å². The second kappa shape index (κ2) is 13.6. The molecule has 8 N–H and O–H groups in total. The fourth-order valence-corrected chi connectivity index (χ4v) is 4.67. The molecule has 0 bridgehead atoms. The van der Waals surface area contributed by atoms with E-state index in [1.165, 1.54) is 6.20 Å². The zero-order chi connectivity index (χ0) is 29.2. The Morgan fingerprint density at radius 1 is 0.927 bits per heavy atom. The Kier molecular flexibility index (Phi) is 9.73. The number of fused-ring (bicyclic) bond motifs is 1. The highest BCUT2D eigenvalue weighted by Crippen LogP contribution is 2.26. The fraction of sp³-hybridized carbons (Fsp3) is 0.258. The number of benzene rings is 2. The number of aromatic nitrogens is 2. The summed E-state index contributed by atoms with van der Waals surface area (Å²) in [5, 5.41) is 8.32. The van der Waals surface area contributed by atoms with E-state index in [0.717, 1.165) is 27.7 Å². The standard InChI is InChI=1S/C31H36N8O2/c1-21(26-12-6-9-22-8-2-3-11-27(22)26)39-29(41)31(34,15-7-17-37-30(32)33)28(40)23-13-14-25(38-18-23)20-35-19-24-10-4-5-16-36-24/h2-6,8-14,16,18,21,35H,7,15,17,19-20,34H2,1H3,(H,39,41)(H4,32,33,37)/t21-,31+/m0/s1. The first kappa shape index (κ1) is 29.3. The molecule has 0 fully saturated rings. The summed E-state index contributed by atoms with van der Waals surface area (Å²) in [5.74, 6) is -1.16. The number of carbonyl (C=O) groups excluding carboxylic acids is 2. The number of ketones is 1. The molecule has 10 nitrogen and oxygen atoms in total. The van der Waals surface area contributed by atoms with Crippen LogP contribution in [0.4, 0.5) is 0 Å². The lowest BCUT2D eigenvalue weighted by molar-refractivity contribution is -0.125. The molecular weight excluding hydrogens is 516 g/mol. The summed E-state index contributed by atoms with van der Waals surface area (Å²) in [5.41, 5.74) is 18.5. The van der Waals surface area contributed by atoms with Crippen molar-refractivity contribution in [3.63, 3.8) is 0 Å². The maximum absolute atomic E-state index is 13.7. The Morgan fingerprint density at radius 3 is 2.37 bits per heavy atom. The molecule has 0 aliphatic heterocycles. The van der Waals surface area contributed by atoms with Crippen molar-refractivity contribution in [1.82, 2.24) is 20.6 Å². The molecule has 41 heavy (non-hydrogen) atoms. The number of guanidine groups is 1. The van der Waals surface area contributed by atoms with Gasteiger partial charge in [-0.15, -0.1) is 0 Å². The summed E-state index contributed by atoms with van der Waals surface area (Å²) in [7, 11) is 0. The number of pyridine rings is 2. The van der Waals surface area contributed by atoms with Crippen molar-refractivity contribution in [3.8, 4) is 0 Å². The summed E-state index contributed by atoms with van der Waals surface area (Å²) in [4.78, 5) is 40.1. The van der Waals surface area contributed by atoms with Crippen LogP contribution in [0.1, 0.15) is 53.1 Å². The third-order valence-electron chi connectivity index (χ3n) is 6.90. The number of nitrogens with zero attached hydrogens (tertiary/aromatic N) is 3. The van der Waals surface area contributed by atoms with Crippen LogP contribution >= 0.6 is 0 Å². The molecule has 2 aromatic heterocycles. The number of aliphatic imine (C=N–C) groups is 1. The molecule has 0 unspecified atom stereocenters. The van der Waals surface area contributed by atoms with E-state index in [-0.39, 0.29) is 24.5 Å². The molecule has 0 spiro atoms. The van der Waals surface area contributed by atoms with Gasteiger partial charge in [0.2, 0.25) is 5.91 Å². The first-order chi connectivity index (χ1) is 19.8. The third kappa shape index (κ3) is 7.50. The molecule has 2 atom stereocenters. The lowest BCUT2D eigenvalue weighted by Gasteiger charge is -2.29. The van der Waals surface area contributed by atoms with Crippen LogP contribution in [0.2, 0.25) is 0 Å². The van der Waals surface area contributed by atoms with Crippen molar-refractivity contribution in [2.75, 3.05) is 6.54 Å². The summed E-state index contributed by atoms with van der Waals surface area (Å²) < 4.78 is 0. The van der Waals surface area contributed by atoms with Crippen molar-refractivity contribution >= 4 is 28.4 Å². The van der Waals surface area contributed by atoms with E-state index in [9.17, 15) is 9.59 Å². The first-order valence-electron chi connectivity index (χ1n) is 13.5. The monoisotopic (exact) mass is 552 g/mol. The predicted octanol–water partition coefficient (Wildman–Crippen LogP) is 2.73. The largest absolute Gasteiger partial charge is 0.370 e. The second-order valence-corrected chi connectivity index (χ2v) is 9.94. The number of hydrogen-bond donors (Lipinski definition) is 5. The molecule has 212 valence electrons. The topological polar surface area (TPSA) is 174 Å². The fourth-order valence-electron chi connectivity index (χ4n) is 4.67. The average molecular weight is 553 g/mol. The van der Waals surface area contributed by atoms with Gasteiger partial charge in [0.25, 0.3) is 0 Å². The molecule has 0 aliphatic rings. The number of Topliss-reactive ketones (excluding diaryl/α,β-unsaturated/α-hetero) is 1.